The van der Waals surface area contributed by atoms with Crippen molar-refractivity contribution in [2.24, 2.45) is 5.73 Å². The van der Waals surface area contributed by atoms with Crippen LogP contribution in [0.3, 0.4) is 0 Å². The lowest BCUT2D eigenvalue weighted by molar-refractivity contribution is 0.0791. The number of hydrogen-bond acceptors (Lipinski definition) is 3. The Morgan fingerprint density at radius 2 is 1.84 bits per heavy atom. The summed E-state index contributed by atoms with van der Waals surface area (Å²) in [6.45, 7) is 5.36. The molecule has 0 unspecified atom stereocenters. The molecule has 1 aliphatic heterocycles. The minimum atomic E-state index is 0. The van der Waals surface area contributed by atoms with Gasteiger partial charge in [0, 0.05) is 43.5 Å². The number of likely N-dealkylation sites (tertiary alicyclic amines) is 1. The number of carbonyl (C=O) groups excluding carboxylic acids is 1. The maximum absolute atomic E-state index is 12.5. The van der Waals surface area contributed by atoms with Gasteiger partial charge in [-0.2, -0.15) is 0 Å². The average molecular weight is 360 g/mol. The van der Waals surface area contributed by atoms with Crippen molar-refractivity contribution in [1.29, 1.82) is 0 Å². The van der Waals surface area contributed by atoms with Gasteiger partial charge in [0.05, 0.1) is 0 Å². The van der Waals surface area contributed by atoms with Crippen LogP contribution in [0.2, 0.25) is 0 Å². The van der Waals surface area contributed by atoms with Crippen LogP contribution >= 0.6 is 12.4 Å². The smallest absolute Gasteiger partial charge is 0.253 e. The third kappa shape index (κ3) is 4.74. The Hall–Kier alpha value is -2.04. The molecule has 0 radical (unpaired) electrons. The normalized spacial score (nSPS) is 16.4. The topological polar surface area (TPSA) is 49.6 Å². The van der Waals surface area contributed by atoms with Gasteiger partial charge in [-0.1, -0.05) is 30.3 Å². The van der Waals surface area contributed by atoms with Crippen LogP contribution in [0.1, 0.15) is 29.3 Å². The Morgan fingerprint density at radius 3 is 2.40 bits per heavy atom. The maximum atomic E-state index is 12.5. The van der Waals surface area contributed by atoms with Gasteiger partial charge in [0.15, 0.2) is 0 Å². The zero-order valence-corrected chi connectivity index (χ0v) is 15.4. The SMILES string of the molecule is CCN(Cc1ccccc1)c1ccc(C(=O)N2CC[C@@H](N)C2)cc1.Cl. The molecule has 0 saturated carbocycles. The predicted octanol–water partition coefficient (Wildman–Crippen LogP) is 3.31. The Labute approximate surface area is 156 Å². The van der Waals surface area contributed by atoms with Crippen molar-refractivity contribution in [3.05, 3.63) is 65.7 Å². The fourth-order valence-corrected chi connectivity index (χ4v) is 3.16. The van der Waals surface area contributed by atoms with Gasteiger partial charge in [0.25, 0.3) is 5.91 Å². The number of nitrogens with zero attached hydrogens (tertiary/aromatic N) is 2. The van der Waals surface area contributed by atoms with E-state index in [1.807, 2.05) is 35.2 Å². The number of rotatable bonds is 5. The summed E-state index contributed by atoms with van der Waals surface area (Å²) in [6.07, 6.45) is 0.893. The molecule has 1 heterocycles. The zero-order valence-electron chi connectivity index (χ0n) is 14.6. The number of nitrogens with two attached hydrogens (primary N) is 1. The van der Waals surface area contributed by atoms with Crippen LogP contribution in [0, 0.1) is 0 Å². The quantitative estimate of drug-likeness (QED) is 0.891. The highest BCUT2D eigenvalue weighted by molar-refractivity contribution is 5.94. The van der Waals surface area contributed by atoms with E-state index in [2.05, 4.69) is 36.1 Å². The molecule has 1 aliphatic rings. The third-order valence-electron chi connectivity index (χ3n) is 4.59. The molecule has 3 rings (SSSR count). The first-order valence-corrected chi connectivity index (χ1v) is 8.61. The number of hydrogen-bond donors (Lipinski definition) is 1. The molecule has 2 N–H and O–H groups in total. The summed E-state index contributed by atoms with van der Waals surface area (Å²) >= 11 is 0. The molecule has 0 aliphatic carbocycles. The Balaban J connectivity index is 0.00000225. The molecular weight excluding hydrogens is 334 g/mol. The second kappa shape index (κ2) is 8.88. The summed E-state index contributed by atoms with van der Waals surface area (Å²) in [6, 6.07) is 18.5. The van der Waals surface area contributed by atoms with E-state index in [4.69, 9.17) is 5.73 Å². The van der Waals surface area contributed by atoms with Crippen LogP contribution in [0.4, 0.5) is 5.69 Å². The van der Waals surface area contributed by atoms with E-state index in [0.717, 1.165) is 37.3 Å². The van der Waals surface area contributed by atoms with Crippen molar-refractivity contribution in [2.45, 2.75) is 25.9 Å². The van der Waals surface area contributed by atoms with Crippen molar-refractivity contribution in [2.75, 3.05) is 24.5 Å². The van der Waals surface area contributed by atoms with Gasteiger partial charge in [0.1, 0.15) is 0 Å². The minimum Gasteiger partial charge on any atom is -0.367 e. The van der Waals surface area contributed by atoms with Gasteiger partial charge in [-0.25, -0.2) is 0 Å². The fourth-order valence-electron chi connectivity index (χ4n) is 3.16. The van der Waals surface area contributed by atoms with Crippen LogP contribution < -0.4 is 10.6 Å². The molecule has 0 spiro atoms. The minimum absolute atomic E-state index is 0. The first kappa shape index (κ1) is 19.3. The first-order valence-electron chi connectivity index (χ1n) is 8.61. The lowest BCUT2D eigenvalue weighted by Gasteiger charge is -2.24. The maximum Gasteiger partial charge on any atom is 0.253 e. The van der Waals surface area contributed by atoms with Gasteiger partial charge in [-0.15, -0.1) is 12.4 Å². The molecule has 0 bridgehead atoms. The van der Waals surface area contributed by atoms with Gasteiger partial charge in [-0.05, 0) is 43.2 Å². The van der Waals surface area contributed by atoms with Gasteiger partial charge in [-0.3, -0.25) is 4.79 Å². The molecule has 2 aromatic rings. The van der Waals surface area contributed by atoms with Crippen LogP contribution in [0.15, 0.2) is 54.6 Å². The summed E-state index contributed by atoms with van der Waals surface area (Å²) in [5, 5.41) is 0. The molecule has 1 amide bonds. The summed E-state index contributed by atoms with van der Waals surface area (Å²) in [7, 11) is 0. The third-order valence-corrected chi connectivity index (χ3v) is 4.59. The Kier molecular flexibility index (Phi) is 6.85. The van der Waals surface area contributed by atoms with E-state index in [9.17, 15) is 4.79 Å². The molecule has 2 aromatic carbocycles. The Bertz CT molecular complexity index is 675. The second-order valence-corrected chi connectivity index (χ2v) is 6.35. The van der Waals surface area contributed by atoms with E-state index in [1.165, 1.54) is 5.56 Å². The van der Waals surface area contributed by atoms with E-state index in [0.29, 0.717) is 6.54 Å². The van der Waals surface area contributed by atoms with Gasteiger partial charge < -0.3 is 15.5 Å². The van der Waals surface area contributed by atoms with Crippen molar-refractivity contribution in [3.63, 3.8) is 0 Å². The Morgan fingerprint density at radius 1 is 1.16 bits per heavy atom. The first-order chi connectivity index (χ1) is 11.7. The van der Waals surface area contributed by atoms with E-state index < -0.39 is 0 Å². The summed E-state index contributed by atoms with van der Waals surface area (Å²) in [4.78, 5) is 16.6. The lowest BCUT2D eigenvalue weighted by atomic mass is 10.1. The molecule has 5 heteroatoms. The van der Waals surface area contributed by atoms with Gasteiger partial charge >= 0.3 is 0 Å². The molecule has 0 aromatic heterocycles. The molecule has 4 nitrogen and oxygen atoms in total. The fraction of sp³-hybridized carbons (Fsp3) is 0.350. The van der Waals surface area contributed by atoms with E-state index in [1.54, 1.807) is 0 Å². The van der Waals surface area contributed by atoms with Crippen molar-refractivity contribution in [3.8, 4) is 0 Å². The highest BCUT2D eigenvalue weighted by atomic mass is 35.5. The molecule has 1 atom stereocenters. The molecule has 134 valence electrons. The van der Waals surface area contributed by atoms with Crippen LogP contribution in [0.5, 0.6) is 0 Å². The van der Waals surface area contributed by atoms with Crippen LogP contribution in [-0.4, -0.2) is 36.5 Å². The standard InChI is InChI=1S/C20H25N3O.ClH/c1-2-22(14-16-6-4-3-5-7-16)19-10-8-17(9-11-19)20(24)23-13-12-18(21)15-23;/h3-11,18H,2,12-15,21H2,1H3;1H/t18-;/m1./s1. The number of benzene rings is 2. The number of carbonyl (C=O) groups is 1. The molecule has 25 heavy (non-hydrogen) atoms. The number of anilines is 1. The summed E-state index contributed by atoms with van der Waals surface area (Å²) < 4.78 is 0. The highest BCUT2D eigenvalue weighted by Gasteiger charge is 2.24. The second-order valence-electron chi connectivity index (χ2n) is 6.35. The summed E-state index contributed by atoms with van der Waals surface area (Å²) in [5.74, 6) is 0.0839. The largest absolute Gasteiger partial charge is 0.367 e. The van der Waals surface area contributed by atoms with Crippen LogP contribution in [-0.2, 0) is 6.54 Å². The van der Waals surface area contributed by atoms with E-state index >= 15 is 0 Å². The van der Waals surface area contributed by atoms with Gasteiger partial charge in [0.2, 0.25) is 0 Å². The van der Waals surface area contributed by atoms with E-state index in [-0.39, 0.29) is 24.4 Å². The monoisotopic (exact) mass is 359 g/mol. The summed E-state index contributed by atoms with van der Waals surface area (Å²) in [5.41, 5.74) is 9.05. The van der Waals surface area contributed by atoms with Crippen molar-refractivity contribution >= 4 is 24.0 Å². The zero-order chi connectivity index (χ0) is 16.9. The van der Waals surface area contributed by atoms with Crippen molar-refractivity contribution in [1.82, 2.24) is 4.90 Å². The van der Waals surface area contributed by atoms with Crippen molar-refractivity contribution < 1.29 is 4.79 Å². The predicted molar refractivity (Wildman–Crippen MR) is 105 cm³/mol. The number of halogens is 1. The molecular formula is C20H26ClN3O. The molecule has 1 saturated heterocycles. The number of amides is 1. The average Bonchev–Trinajstić information content (AvgIpc) is 3.06. The lowest BCUT2D eigenvalue weighted by Crippen LogP contribution is -2.31. The molecule has 1 fully saturated rings. The highest BCUT2D eigenvalue weighted by Crippen LogP contribution is 2.20. The van der Waals surface area contributed by atoms with Crippen LogP contribution in [0.25, 0.3) is 0 Å².